The van der Waals surface area contributed by atoms with E-state index >= 15 is 0 Å². The fourth-order valence-electron chi connectivity index (χ4n) is 3.43. The third-order valence-corrected chi connectivity index (χ3v) is 4.44. The van der Waals surface area contributed by atoms with Crippen LogP contribution < -0.4 is 4.74 Å². The largest absolute Gasteiger partial charge is 0.460 e. The molecule has 0 bridgehead atoms. The van der Waals surface area contributed by atoms with Crippen LogP contribution in [0.5, 0.6) is 6.01 Å². The third kappa shape index (κ3) is 3.33. The van der Waals surface area contributed by atoms with E-state index in [0.29, 0.717) is 6.01 Å². The van der Waals surface area contributed by atoms with Crippen molar-refractivity contribution in [3.8, 4) is 6.01 Å². The van der Waals surface area contributed by atoms with Gasteiger partial charge in [0.1, 0.15) is 6.10 Å². The predicted octanol–water partition coefficient (Wildman–Crippen LogP) is 1.68. The highest BCUT2D eigenvalue weighted by Gasteiger charge is 2.48. The highest BCUT2D eigenvalue weighted by atomic mass is 16.5. The Kier molecular flexibility index (Phi) is 3.93. The van der Waals surface area contributed by atoms with E-state index in [-0.39, 0.29) is 11.7 Å². The first-order chi connectivity index (χ1) is 11.3. The summed E-state index contributed by atoms with van der Waals surface area (Å²) < 4.78 is 12.0. The van der Waals surface area contributed by atoms with Crippen LogP contribution in [0, 0.1) is 0 Å². The molecule has 2 aliphatic heterocycles. The van der Waals surface area contributed by atoms with Crippen LogP contribution in [0.4, 0.5) is 0 Å². The molecule has 2 saturated heterocycles. The molecule has 6 heteroatoms. The summed E-state index contributed by atoms with van der Waals surface area (Å²) in [6, 6.07) is 6.38. The summed E-state index contributed by atoms with van der Waals surface area (Å²) >= 11 is 0. The molecular formula is C17H20N4O2. The summed E-state index contributed by atoms with van der Waals surface area (Å²) in [6.45, 7) is 3.58. The Morgan fingerprint density at radius 2 is 1.96 bits per heavy atom. The molecule has 23 heavy (non-hydrogen) atoms. The maximum atomic E-state index is 6.06. The molecule has 1 spiro atoms. The smallest absolute Gasteiger partial charge is 0.316 e. The zero-order valence-corrected chi connectivity index (χ0v) is 13.0. The first-order valence-corrected chi connectivity index (χ1v) is 8.00. The molecule has 4 heterocycles. The van der Waals surface area contributed by atoms with E-state index in [9.17, 15) is 0 Å². The van der Waals surface area contributed by atoms with E-state index in [0.717, 1.165) is 39.1 Å². The van der Waals surface area contributed by atoms with Crippen molar-refractivity contribution >= 4 is 0 Å². The van der Waals surface area contributed by atoms with E-state index < -0.39 is 0 Å². The van der Waals surface area contributed by atoms with E-state index in [2.05, 4.69) is 32.0 Å². The minimum Gasteiger partial charge on any atom is -0.460 e. The lowest BCUT2D eigenvalue weighted by molar-refractivity contribution is -0.188. The number of nitrogens with zero attached hydrogens (tertiary/aromatic N) is 4. The van der Waals surface area contributed by atoms with Gasteiger partial charge in [0.05, 0.1) is 12.2 Å². The average molecular weight is 312 g/mol. The zero-order chi connectivity index (χ0) is 15.5. The quantitative estimate of drug-likeness (QED) is 0.856. The fourth-order valence-corrected chi connectivity index (χ4v) is 3.43. The normalized spacial score (nSPS) is 23.4. The van der Waals surface area contributed by atoms with Crippen LogP contribution >= 0.6 is 0 Å². The van der Waals surface area contributed by atoms with Gasteiger partial charge in [0.15, 0.2) is 0 Å². The maximum Gasteiger partial charge on any atom is 0.316 e. The van der Waals surface area contributed by atoms with Crippen LogP contribution in [0.1, 0.15) is 18.4 Å². The first-order valence-electron chi connectivity index (χ1n) is 8.00. The number of ether oxygens (including phenoxy) is 2. The van der Waals surface area contributed by atoms with Gasteiger partial charge < -0.3 is 9.47 Å². The van der Waals surface area contributed by atoms with Crippen molar-refractivity contribution in [3.63, 3.8) is 0 Å². The molecule has 0 amide bonds. The molecule has 0 aromatic carbocycles. The lowest BCUT2D eigenvalue weighted by Crippen LogP contribution is -2.65. The summed E-state index contributed by atoms with van der Waals surface area (Å²) in [4.78, 5) is 14.7. The van der Waals surface area contributed by atoms with Gasteiger partial charge in [0, 0.05) is 57.3 Å². The second-order valence-electron chi connectivity index (χ2n) is 6.30. The lowest BCUT2D eigenvalue weighted by Gasteiger charge is -2.53. The van der Waals surface area contributed by atoms with Crippen LogP contribution in [0.2, 0.25) is 0 Å². The summed E-state index contributed by atoms with van der Waals surface area (Å²) in [6.07, 6.45) is 9.02. The number of hydrogen-bond donors (Lipinski definition) is 0. The van der Waals surface area contributed by atoms with Gasteiger partial charge in [-0.25, -0.2) is 9.97 Å². The van der Waals surface area contributed by atoms with Gasteiger partial charge in [-0.15, -0.1) is 0 Å². The number of rotatable bonds is 4. The molecular weight excluding hydrogens is 292 g/mol. The van der Waals surface area contributed by atoms with Gasteiger partial charge in [0.25, 0.3) is 0 Å². The third-order valence-electron chi connectivity index (χ3n) is 4.44. The van der Waals surface area contributed by atoms with Crippen molar-refractivity contribution in [1.82, 2.24) is 19.9 Å². The molecule has 0 aliphatic carbocycles. The summed E-state index contributed by atoms with van der Waals surface area (Å²) in [5, 5.41) is 0. The molecule has 2 aromatic rings. The Bertz CT molecular complexity index is 632. The molecule has 2 aromatic heterocycles. The minimum atomic E-state index is -0.0648. The molecule has 6 nitrogen and oxygen atoms in total. The second-order valence-corrected chi connectivity index (χ2v) is 6.30. The number of likely N-dealkylation sites (tertiary alicyclic amines) is 1. The van der Waals surface area contributed by atoms with E-state index in [4.69, 9.17) is 9.47 Å². The topological polar surface area (TPSA) is 60.4 Å². The Labute approximate surface area is 135 Å². The lowest BCUT2D eigenvalue weighted by atomic mass is 9.84. The number of pyridine rings is 1. The highest BCUT2D eigenvalue weighted by molar-refractivity contribution is 5.12. The molecule has 2 fully saturated rings. The Morgan fingerprint density at radius 1 is 1.17 bits per heavy atom. The number of aromatic nitrogens is 3. The van der Waals surface area contributed by atoms with Crippen LogP contribution in [0.15, 0.2) is 43.0 Å². The first kappa shape index (κ1) is 14.5. The van der Waals surface area contributed by atoms with Crippen molar-refractivity contribution in [3.05, 3.63) is 48.5 Å². The van der Waals surface area contributed by atoms with Crippen LogP contribution in [0.25, 0.3) is 0 Å². The summed E-state index contributed by atoms with van der Waals surface area (Å²) in [7, 11) is 0. The zero-order valence-electron chi connectivity index (χ0n) is 13.0. The summed E-state index contributed by atoms with van der Waals surface area (Å²) in [5.41, 5.74) is 1.22. The molecule has 0 radical (unpaired) electrons. The Hall–Kier alpha value is -2.05. The average Bonchev–Trinajstić information content (AvgIpc) is 2.56. The van der Waals surface area contributed by atoms with Crippen molar-refractivity contribution < 1.29 is 9.47 Å². The van der Waals surface area contributed by atoms with Crippen molar-refractivity contribution in [2.75, 3.05) is 19.7 Å². The van der Waals surface area contributed by atoms with Gasteiger partial charge in [-0.1, -0.05) is 0 Å². The van der Waals surface area contributed by atoms with Crippen LogP contribution in [-0.2, 0) is 11.3 Å². The van der Waals surface area contributed by atoms with E-state index in [1.807, 2.05) is 12.4 Å². The van der Waals surface area contributed by atoms with Gasteiger partial charge in [-0.05, 0) is 23.8 Å². The van der Waals surface area contributed by atoms with Gasteiger partial charge >= 0.3 is 6.01 Å². The van der Waals surface area contributed by atoms with Gasteiger partial charge in [-0.2, -0.15) is 0 Å². The molecule has 1 atom stereocenters. The molecule has 0 N–H and O–H groups in total. The molecule has 0 saturated carbocycles. The predicted molar refractivity (Wildman–Crippen MR) is 83.9 cm³/mol. The van der Waals surface area contributed by atoms with Crippen molar-refractivity contribution in [1.29, 1.82) is 0 Å². The second kappa shape index (κ2) is 6.22. The molecule has 4 rings (SSSR count). The monoisotopic (exact) mass is 312 g/mol. The molecule has 2 aliphatic rings. The van der Waals surface area contributed by atoms with Crippen LogP contribution in [0.3, 0.4) is 0 Å². The highest BCUT2D eigenvalue weighted by Crippen LogP contribution is 2.36. The van der Waals surface area contributed by atoms with Crippen LogP contribution in [-0.4, -0.2) is 51.3 Å². The van der Waals surface area contributed by atoms with E-state index in [1.165, 1.54) is 5.56 Å². The maximum absolute atomic E-state index is 6.06. The molecule has 120 valence electrons. The SMILES string of the molecule is c1cnc(O[C@@H]2CCOC3(C2)CN(Cc2ccncc2)C3)nc1. The van der Waals surface area contributed by atoms with Crippen molar-refractivity contribution in [2.45, 2.75) is 31.1 Å². The Morgan fingerprint density at radius 3 is 2.74 bits per heavy atom. The number of hydrogen-bond acceptors (Lipinski definition) is 6. The van der Waals surface area contributed by atoms with Gasteiger partial charge in [-0.3, -0.25) is 9.88 Å². The fraction of sp³-hybridized carbons (Fsp3) is 0.471. The van der Waals surface area contributed by atoms with E-state index in [1.54, 1.807) is 18.5 Å². The minimum absolute atomic E-state index is 0.0648. The standard InChI is InChI=1S/C17H20N4O2/c1-5-19-16(20-6-1)23-15-4-9-22-17(10-15)12-21(13-17)11-14-2-7-18-8-3-14/h1-3,5-8,15H,4,9-13H2/t15-/m1/s1. The van der Waals surface area contributed by atoms with Crippen molar-refractivity contribution in [2.24, 2.45) is 0 Å². The molecule has 0 unspecified atom stereocenters. The Balaban J connectivity index is 1.32. The van der Waals surface area contributed by atoms with Gasteiger partial charge in [0.2, 0.25) is 0 Å². The summed E-state index contributed by atoms with van der Waals surface area (Å²) in [5.74, 6) is 0.